The molecule has 1 aliphatic rings. The summed E-state index contributed by atoms with van der Waals surface area (Å²) in [5, 5.41) is 15.0. The minimum atomic E-state index is -0.725. The quantitative estimate of drug-likeness (QED) is 0.765. The summed E-state index contributed by atoms with van der Waals surface area (Å²) in [4.78, 5) is 15.2. The van der Waals surface area contributed by atoms with Crippen molar-refractivity contribution in [3.63, 3.8) is 0 Å². The first-order valence-electron chi connectivity index (χ1n) is 4.62. The van der Waals surface area contributed by atoms with E-state index in [9.17, 15) is 4.79 Å². The van der Waals surface area contributed by atoms with Crippen molar-refractivity contribution in [3.8, 4) is 0 Å². The van der Waals surface area contributed by atoms with Crippen LogP contribution in [-0.2, 0) is 4.79 Å². The van der Waals surface area contributed by atoms with Crippen molar-refractivity contribution in [2.75, 3.05) is 13.1 Å². The highest BCUT2D eigenvalue weighted by Crippen LogP contribution is 2.31. The molecule has 0 aliphatic carbocycles. The van der Waals surface area contributed by atoms with Crippen LogP contribution < -0.4 is 5.32 Å². The molecule has 1 fully saturated rings. The van der Waals surface area contributed by atoms with Crippen molar-refractivity contribution in [1.29, 1.82) is 0 Å². The molecule has 1 aliphatic heterocycles. The second kappa shape index (κ2) is 4.06. The van der Waals surface area contributed by atoms with Gasteiger partial charge in [0.2, 0.25) is 0 Å². The molecule has 1 aromatic heterocycles. The van der Waals surface area contributed by atoms with E-state index in [1.807, 2.05) is 5.38 Å². The van der Waals surface area contributed by atoms with Gasteiger partial charge >= 0.3 is 5.97 Å². The van der Waals surface area contributed by atoms with Crippen LogP contribution in [0.2, 0.25) is 0 Å². The zero-order valence-corrected chi connectivity index (χ0v) is 8.46. The van der Waals surface area contributed by atoms with Crippen LogP contribution in [0.15, 0.2) is 11.6 Å². The third-order valence-electron chi connectivity index (χ3n) is 2.57. The van der Waals surface area contributed by atoms with E-state index in [0.29, 0.717) is 6.54 Å². The molecule has 0 spiro atoms. The summed E-state index contributed by atoms with van der Waals surface area (Å²) in [6.07, 6.45) is 2.60. The minimum absolute atomic E-state index is 0.0914. The summed E-state index contributed by atoms with van der Waals surface area (Å²) < 4.78 is 0. The van der Waals surface area contributed by atoms with Crippen LogP contribution in [0.5, 0.6) is 0 Å². The first-order valence-corrected chi connectivity index (χ1v) is 5.50. The van der Waals surface area contributed by atoms with Gasteiger partial charge in [0.1, 0.15) is 0 Å². The Kier molecular flexibility index (Phi) is 2.79. The van der Waals surface area contributed by atoms with Crippen LogP contribution >= 0.6 is 11.3 Å². The number of nitrogens with zero attached hydrogens (tertiary/aromatic N) is 1. The Bertz CT molecular complexity index is 313. The van der Waals surface area contributed by atoms with Crippen LogP contribution in [0, 0.1) is 5.92 Å². The van der Waals surface area contributed by atoms with Crippen molar-refractivity contribution in [2.45, 2.75) is 12.3 Å². The van der Waals surface area contributed by atoms with Gasteiger partial charge < -0.3 is 10.4 Å². The number of aliphatic carboxylic acids is 1. The molecule has 4 nitrogen and oxygen atoms in total. The van der Waals surface area contributed by atoms with E-state index >= 15 is 0 Å². The van der Waals surface area contributed by atoms with Gasteiger partial charge in [-0.1, -0.05) is 0 Å². The zero-order valence-electron chi connectivity index (χ0n) is 7.64. The number of carbonyl (C=O) groups is 1. The number of carboxylic acids is 1. The van der Waals surface area contributed by atoms with Crippen molar-refractivity contribution < 1.29 is 9.90 Å². The third-order valence-corrected chi connectivity index (χ3v) is 3.48. The maximum Gasteiger partial charge on any atom is 0.308 e. The van der Waals surface area contributed by atoms with Crippen LogP contribution in [0.3, 0.4) is 0 Å². The second-order valence-corrected chi connectivity index (χ2v) is 4.34. The average Bonchev–Trinajstić information content (AvgIpc) is 2.70. The molecule has 2 N–H and O–H groups in total. The number of rotatable bonds is 2. The van der Waals surface area contributed by atoms with Crippen molar-refractivity contribution >= 4 is 17.3 Å². The van der Waals surface area contributed by atoms with Crippen LogP contribution in [0.4, 0.5) is 0 Å². The van der Waals surface area contributed by atoms with Crippen molar-refractivity contribution in [2.24, 2.45) is 5.92 Å². The largest absolute Gasteiger partial charge is 0.481 e. The molecule has 2 unspecified atom stereocenters. The standard InChI is InChI=1S/C9H12N2O2S/c12-9(13)7-5-10-2-1-6(7)8-11-3-4-14-8/h3-4,6-7,10H,1-2,5H2,(H,12,13). The number of aromatic nitrogens is 1. The number of nitrogens with one attached hydrogen (secondary N) is 1. The van der Waals surface area contributed by atoms with E-state index in [4.69, 9.17) is 5.11 Å². The lowest BCUT2D eigenvalue weighted by molar-refractivity contribution is -0.142. The van der Waals surface area contributed by atoms with Gasteiger partial charge in [-0.05, 0) is 13.0 Å². The fraction of sp³-hybridized carbons (Fsp3) is 0.556. The molecule has 1 aromatic rings. The summed E-state index contributed by atoms with van der Waals surface area (Å²) in [5.74, 6) is -0.957. The SMILES string of the molecule is O=C(O)C1CNCCC1c1nccs1. The summed E-state index contributed by atoms with van der Waals surface area (Å²) >= 11 is 1.55. The summed E-state index contributed by atoms with van der Waals surface area (Å²) in [6.45, 7) is 1.44. The first kappa shape index (κ1) is 9.61. The van der Waals surface area contributed by atoms with E-state index in [2.05, 4.69) is 10.3 Å². The normalized spacial score (nSPS) is 27.4. The van der Waals surface area contributed by atoms with Gasteiger partial charge in [0, 0.05) is 24.0 Å². The van der Waals surface area contributed by atoms with Gasteiger partial charge in [0.25, 0.3) is 0 Å². The fourth-order valence-corrected chi connectivity index (χ4v) is 2.67. The Morgan fingerprint density at radius 3 is 3.21 bits per heavy atom. The molecular formula is C9H12N2O2S. The highest BCUT2D eigenvalue weighted by molar-refractivity contribution is 7.09. The maximum atomic E-state index is 11.0. The van der Waals surface area contributed by atoms with E-state index < -0.39 is 5.97 Å². The maximum absolute atomic E-state index is 11.0. The highest BCUT2D eigenvalue weighted by Gasteiger charge is 2.33. The van der Waals surface area contributed by atoms with Crippen LogP contribution in [0.25, 0.3) is 0 Å². The van der Waals surface area contributed by atoms with Gasteiger partial charge in [-0.2, -0.15) is 0 Å². The predicted octanol–water partition coefficient (Wildman–Crippen LogP) is 0.921. The van der Waals surface area contributed by atoms with Gasteiger partial charge in [-0.3, -0.25) is 4.79 Å². The Hall–Kier alpha value is -0.940. The zero-order chi connectivity index (χ0) is 9.97. The van der Waals surface area contributed by atoms with Crippen molar-refractivity contribution in [1.82, 2.24) is 10.3 Å². The molecule has 2 heterocycles. The van der Waals surface area contributed by atoms with Crippen LogP contribution in [-0.4, -0.2) is 29.1 Å². The molecule has 0 bridgehead atoms. The van der Waals surface area contributed by atoms with Crippen molar-refractivity contribution in [3.05, 3.63) is 16.6 Å². The first-order chi connectivity index (χ1) is 6.79. The average molecular weight is 212 g/mol. The van der Waals surface area contributed by atoms with E-state index in [-0.39, 0.29) is 11.8 Å². The van der Waals surface area contributed by atoms with Gasteiger partial charge in [-0.15, -0.1) is 11.3 Å². The molecular weight excluding hydrogens is 200 g/mol. The number of hydrogen-bond donors (Lipinski definition) is 2. The van der Waals surface area contributed by atoms with E-state index in [1.165, 1.54) is 0 Å². The molecule has 76 valence electrons. The summed E-state index contributed by atoms with van der Waals surface area (Å²) in [5.41, 5.74) is 0. The molecule has 2 atom stereocenters. The Labute approximate surface area is 86.0 Å². The number of hydrogen-bond acceptors (Lipinski definition) is 4. The lowest BCUT2D eigenvalue weighted by Crippen LogP contribution is -2.39. The molecule has 1 saturated heterocycles. The van der Waals surface area contributed by atoms with E-state index in [1.54, 1.807) is 17.5 Å². The smallest absolute Gasteiger partial charge is 0.308 e. The predicted molar refractivity (Wildman–Crippen MR) is 53.5 cm³/mol. The molecule has 14 heavy (non-hydrogen) atoms. The highest BCUT2D eigenvalue weighted by atomic mass is 32.1. The second-order valence-electron chi connectivity index (χ2n) is 3.41. The summed E-state index contributed by atoms with van der Waals surface area (Å²) in [7, 11) is 0. The van der Waals surface area contributed by atoms with E-state index in [0.717, 1.165) is 18.0 Å². The minimum Gasteiger partial charge on any atom is -0.481 e. The third kappa shape index (κ3) is 1.78. The molecule has 0 saturated carbocycles. The molecule has 0 aromatic carbocycles. The molecule has 0 radical (unpaired) electrons. The number of piperidine rings is 1. The number of carboxylic acid groups (broad SMARTS) is 1. The van der Waals surface area contributed by atoms with Gasteiger partial charge in [0.05, 0.1) is 10.9 Å². The summed E-state index contributed by atoms with van der Waals surface area (Å²) in [6, 6.07) is 0. The Morgan fingerprint density at radius 2 is 2.57 bits per heavy atom. The number of thiazole rings is 1. The lowest BCUT2D eigenvalue weighted by atomic mass is 9.87. The lowest BCUT2D eigenvalue weighted by Gasteiger charge is -2.27. The van der Waals surface area contributed by atoms with Crippen LogP contribution in [0.1, 0.15) is 17.3 Å². The topological polar surface area (TPSA) is 62.2 Å². The fourth-order valence-electron chi connectivity index (χ4n) is 1.83. The molecule has 5 heteroatoms. The van der Waals surface area contributed by atoms with Gasteiger partial charge in [0.15, 0.2) is 0 Å². The monoisotopic (exact) mass is 212 g/mol. The molecule has 0 amide bonds. The van der Waals surface area contributed by atoms with Gasteiger partial charge in [-0.25, -0.2) is 4.98 Å². The molecule has 2 rings (SSSR count). The Morgan fingerprint density at radius 1 is 1.71 bits per heavy atom. The Balaban J connectivity index is 2.18.